The predicted octanol–water partition coefficient (Wildman–Crippen LogP) is 6.29. The Hall–Kier alpha value is -3.95. The van der Waals surface area contributed by atoms with E-state index in [1.807, 2.05) is 13.8 Å². The van der Waals surface area contributed by atoms with Crippen LogP contribution in [0.1, 0.15) is 73.9 Å². The third-order valence-corrected chi connectivity index (χ3v) is 7.52. The summed E-state index contributed by atoms with van der Waals surface area (Å²) in [6.07, 6.45) is 5.00. The fourth-order valence-corrected chi connectivity index (χ4v) is 5.28. The number of nitrogen functional groups attached to an aromatic ring is 1. The van der Waals surface area contributed by atoms with E-state index in [4.69, 9.17) is 10.5 Å². The number of nitrogens with two attached hydrogens (primary N) is 1. The molecule has 1 aromatic heterocycles. The maximum Gasteiger partial charge on any atom is 0.309 e. The molecule has 1 heterocycles. The molecule has 3 aromatic rings. The average molecular weight is 573 g/mol. The predicted molar refractivity (Wildman–Crippen MR) is 146 cm³/mol. The van der Waals surface area contributed by atoms with E-state index in [0.29, 0.717) is 29.0 Å². The Morgan fingerprint density at radius 2 is 1.59 bits per heavy atom. The van der Waals surface area contributed by atoms with Crippen LogP contribution in [0.25, 0.3) is 5.69 Å². The number of pyridine rings is 1. The third-order valence-electron chi connectivity index (χ3n) is 7.52. The standard InChI is InChI=1S/C31H32F4N2O4/c1-17(2)21(31(40)41-20-7-3-4-8-20)9-5-6-18-14-25(34)28(26(35)15-18)37-27(38)13-12-23(30(37)36)29(39)22-11-10-19(32)16-24(22)33/h10-17,20-21H,3-9,36H2,1-2H3/t21-/m0/s1. The Morgan fingerprint density at radius 3 is 2.20 bits per heavy atom. The fourth-order valence-electron chi connectivity index (χ4n) is 5.28. The Labute approximate surface area is 235 Å². The van der Waals surface area contributed by atoms with E-state index in [2.05, 4.69) is 0 Å². The second kappa shape index (κ2) is 12.7. The molecule has 1 fully saturated rings. The molecular weight excluding hydrogens is 540 g/mol. The van der Waals surface area contributed by atoms with Gasteiger partial charge in [-0.1, -0.05) is 13.8 Å². The minimum atomic E-state index is -1.15. The first-order valence-electron chi connectivity index (χ1n) is 13.7. The van der Waals surface area contributed by atoms with Crippen molar-refractivity contribution in [2.45, 2.75) is 64.9 Å². The molecule has 10 heteroatoms. The van der Waals surface area contributed by atoms with Crippen LogP contribution in [0.2, 0.25) is 0 Å². The zero-order valence-corrected chi connectivity index (χ0v) is 22.9. The van der Waals surface area contributed by atoms with Crippen LogP contribution in [0.4, 0.5) is 23.4 Å². The lowest BCUT2D eigenvalue weighted by atomic mass is 9.89. The molecule has 6 nitrogen and oxygen atoms in total. The Kier molecular flexibility index (Phi) is 9.30. The normalized spacial score (nSPS) is 14.4. The number of halogens is 4. The maximum absolute atomic E-state index is 15.3. The van der Waals surface area contributed by atoms with Crippen LogP contribution in [-0.4, -0.2) is 22.4 Å². The molecule has 1 aliphatic carbocycles. The van der Waals surface area contributed by atoms with Crippen molar-refractivity contribution < 1.29 is 31.9 Å². The van der Waals surface area contributed by atoms with Crippen LogP contribution in [0.15, 0.2) is 47.3 Å². The van der Waals surface area contributed by atoms with Crippen molar-refractivity contribution in [3.8, 4) is 5.69 Å². The molecular formula is C31H32F4N2O4. The summed E-state index contributed by atoms with van der Waals surface area (Å²) in [5.41, 5.74) is 3.71. The van der Waals surface area contributed by atoms with E-state index in [1.165, 1.54) is 0 Å². The van der Waals surface area contributed by atoms with Crippen LogP contribution >= 0.6 is 0 Å². The highest BCUT2D eigenvalue weighted by atomic mass is 19.1. The van der Waals surface area contributed by atoms with E-state index >= 15 is 8.78 Å². The highest BCUT2D eigenvalue weighted by molar-refractivity contribution is 6.11. The van der Waals surface area contributed by atoms with Crippen LogP contribution in [0.3, 0.4) is 0 Å². The molecule has 1 aliphatic rings. The van der Waals surface area contributed by atoms with Crippen LogP contribution < -0.4 is 11.3 Å². The molecule has 0 bridgehead atoms. The molecule has 0 radical (unpaired) electrons. The molecule has 1 atom stereocenters. The fraction of sp³-hybridized carbons (Fsp3) is 0.387. The number of aromatic nitrogens is 1. The largest absolute Gasteiger partial charge is 0.462 e. The second-order valence-electron chi connectivity index (χ2n) is 10.8. The molecule has 1 saturated carbocycles. The van der Waals surface area contributed by atoms with Crippen molar-refractivity contribution in [1.29, 1.82) is 0 Å². The van der Waals surface area contributed by atoms with Crippen LogP contribution in [0.5, 0.6) is 0 Å². The zero-order chi connectivity index (χ0) is 29.8. The summed E-state index contributed by atoms with van der Waals surface area (Å²) >= 11 is 0. The molecule has 41 heavy (non-hydrogen) atoms. The van der Waals surface area contributed by atoms with Gasteiger partial charge in [-0.15, -0.1) is 0 Å². The number of benzene rings is 2. The van der Waals surface area contributed by atoms with Crippen molar-refractivity contribution in [3.05, 3.63) is 92.8 Å². The van der Waals surface area contributed by atoms with Crippen LogP contribution in [0, 0.1) is 35.1 Å². The molecule has 2 N–H and O–H groups in total. The van der Waals surface area contributed by atoms with E-state index in [1.54, 1.807) is 0 Å². The number of hydrogen-bond donors (Lipinski definition) is 1. The Bertz CT molecular complexity index is 1490. The first kappa shape index (κ1) is 30.0. The van der Waals surface area contributed by atoms with Gasteiger partial charge in [0.05, 0.1) is 17.0 Å². The topological polar surface area (TPSA) is 91.4 Å². The number of ether oxygens (including phenoxy) is 1. The van der Waals surface area contributed by atoms with Crippen molar-refractivity contribution in [3.63, 3.8) is 0 Å². The lowest BCUT2D eigenvalue weighted by molar-refractivity contribution is -0.155. The average Bonchev–Trinajstić information content (AvgIpc) is 3.40. The van der Waals surface area contributed by atoms with Crippen molar-refractivity contribution >= 4 is 17.6 Å². The molecule has 0 aliphatic heterocycles. The summed E-state index contributed by atoms with van der Waals surface area (Å²) in [7, 11) is 0. The van der Waals surface area contributed by atoms with Gasteiger partial charge in [-0.05, 0) is 86.8 Å². The summed E-state index contributed by atoms with van der Waals surface area (Å²) in [5.74, 6) is -6.37. The van der Waals surface area contributed by atoms with Gasteiger partial charge in [-0.2, -0.15) is 0 Å². The lowest BCUT2D eigenvalue weighted by Gasteiger charge is -2.22. The second-order valence-corrected chi connectivity index (χ2v) is 10.8. The molecule has 0 amide bonds. The van der Waals surface area contributed by atoms with Gasteiger partial charge in [0, 0.05) is 12.1 Å². The smallest absolute Gasteiger partial charge is 0.309 e. The van der Waals surface area contributed by atoms with Crippen molar-refractivity contribution in [2.24, 2.45) is 11.8 Å². The molecule has 218 valence electrons. The quantitative estimate of drug-likeness (QED) is 0.175. The highest BCUT2D eigenvalue weighted by Gasteiger charge is 2.28. The molecule has 4 rings (SSSR count). The first-order chi connectivity index (χ1) is 19.5. The number of aryl methyl sites for hydroxylation is 1. The number of ketones is 1. The number of esters is 1. The highest BCUT2D eigenvalue weighted by Crippen LogP contribution is 2.28. The maximum atomic E-state index is 15.3. The monoisotopic (exact) mass is 572 g/mol. The summed E-state index contributed by atoms with van der Waals surface area (Å²) < 4.78 is 64.2. The van der Waals surface area contributed by atoms with Gasteiger partial charge in [0.15, 0.2) is 17.4 Å². The van der Waals surface area contributed by atoms with Gasteiger partial charge in [0.2, 0.25) is 0 Å². The number of rotatable bonds is 10. The summed E-state index contributed by atoms with van der Waals surface area (Å²) in [5, 5.41) is 0. The molecule has 0 saturated heterocycles. The van der Waals surface area contributed by atoms with Gasteiger partial charge >= 0.3 is 5.97 Å². The third kappa shape index (κ3) is 6.69. The lowest BCUT2D eigenvalue weighted by Crippen LogP contribution is -2.26. The Balaban J connectivity index is 1.54. The number of hydrogen-bond acceptors (Lipinski definition) is 5. The first-order valence-corrected chi connectivity index (χ1v) is 13.7. The van der Waals surface area contributed by atoms with Crippen LogP contribution in [-0.2, 0) is 16.0 Å². The van der Waals surface area contributed by atoms with Gasteiger partial charge in [0.25, 0.3) is 5.56 Å². The van der Waals surface area contributed by atoms with Gasteiger partial charge in [-0.3, -0.25) is 19.0 Å². The molecule has 2 aromatic carbocycles. The number of carbonyl (C=O) groups is 2. The summed E-state index contributed by atoms with van der Waals surface area (Å²) in [6, 6.07) is 6.35. The van der Waals surface area contributed by atoms with E-state index in [-0.39, 0.29) is 35.9 Å². The summed E-state index contributed by atoms with van der Waals surface area (Å²) in [4.78, 5) is 38.2. The van der Waals surface area contributed by atoms with Crippen molar-refractivity contribution in [1.82, 2.24) is 4.57 Å². The number of nitrogens with zero attached hydrogens (tertiary/aromatic N) is 1. The van der Waals surface area contributed by atoms with Crippen molar-refractivity contribution in [2.75, 3.05) is 5.73 Å². The summed E-state index contributed by atoms with van der Waals surface area (Å²) in [6.45, 7) is 3.86. The SMILES string of the molecule is CC(C)[C@H](CCCc1cc(F)c(-n2c(N)c(C(=O)c3ccc(F)cc3F)ccc2=O)c(F)c1)C(=O)OC1CCCC1. The molecule has 0 spiro atoms. The van der Waals surface area contributed by atoms with Gasteiger partial charge in [-0.25, -0.2) is 17.6 Å². The minimum absolute atomic E-state index is 0.0352. The molecule has 0 unspecified atom stereocenters. The number of anilines is 1. The van der Waals surface area contributed by atoms with Gasteiger partial charge in [0.1, 0.15) is 29.2 Å². The number of carbonyl (C=O) groups excluding carboxylic acids is 2. The Morgan fingerprint density at radius 1 is 0.951 bits per heavy atom. The van der Waals surface area contributed by atoms with Gasteiger partial charge < -0.3 is 10.5 Å². The van der Waals surface area contributed by atoms with E-state index in [9.17, 15) is 23.2 Å². The minimum Gasteiger partial charge on any atom is -0.462 e. The van der Waals surface area contributed by atoms with E-state index < -0.39 is 51.7 Å². The zero-order valence-electron chi connectivity index (χ0n) is 22.9. The van der Waals surface area contributed by atoms with E-state index in [0.717, 1.165) is 62.1 Å².